The second kappa shape index (κ2) is 5.14. The van der Waals surface area contributed by atoms with E-state index < -0.39 is 0 Å². The number of hydrogen-bond acceptors (Lipinski definition) is 2. The summed E-state index contributed by atoms with van der Waals surface area (Å²) in [4.78, 5) is 12.3. The summed E-state index contributed by atoms with van der Waals surface area (Å²) in [6, 6.07) is 7.03. The predicted molar refractivity (Wildman–Crippen MR) is 76.6 cm³/mol. The van der Waals surface area contributed by atoms with Crippen molar-refractivity contribution in [3.05, 3.63) is 34.3 Å². The summed E-state index contributed by atoms with van der Waals surface area (Å²) in [6.45, 7) is 1.92. The van der Waals surface area contributed by atoms with E-state index in [1.54, 1.807) is 6.07 Å². The van der Waals surface area contributed by atoms with Crippen LogP contribution in [0.15, 0.2) is 18.2 Å². The Bertz CT molecular complexity index is 491. The molecule has 2 unspecified atom stereocenters. The van der Waals surface area contributed by atoms with Gasteiger partial charge in [-0.05, 0) is 44.2 Å². The standard InChI is InChI=1S/C15H19ClN2O/c1-9-3-2-4-13(14(9)16)15(19)18-12-7-10-5-6-11(8-12)17-10/h2-4,10-12,17H,5-8H2,1H3,(H,18,19). The highest BCUT2D eigenvalue weighted by molar-refractivity contribution is 6.34. The Balaban J connectivity index is 1.70. The summed E-state index contributed by atoms with van der Waals surface area (Å²) in [5, 5.41) is 7.28. The highest BCUT2D eigenvalue weighted by atomic mass is 35.5. The van der Waals surface area contributed by atoms with Crippen LogP contribution in [0.1, 0.15) is 41.6 Å². The van der Waals surface area contributed by atoms with Gasteiger partial charge in [0.1, 0.15) is 0 Å². The number of carbonyl (C=O) groups is 1. The second-order valence-electron chi connectivity index (χ2n) is 5.72. The van der Waals surface area contributed by atoms with Crippen molar-refractivity contribution in [1.82, 2.24) is 10.6 Å². The molecule has 102 valence electrons. The van der Waals surface area contributed by atoms with Gasteiger partial charge in [-0.25, -0.2) is 0 Å². The quantitative estimate of drug-likeness (QED) is 0.873. The number of amides is 1. The number of fused-ring (bicyclic) bond motifs is 2. The van der Waals surface area contributed by atoms with Gasteiger partial charge >= 0.3 is 0 Å². The third-order valence-electron chi connectivity index (χ3n) is 4.24. The fourth-order valence-corrected chi connectivity index (χ4v) is 3.47. The van der Waals surface area contributed by atoms with Crippen molar-refractivity contribution in [2.75, 3.05) is 0 Å². The molecule has 0 aliphatic carbocycles. The molecule has 3 nitrogen and oxygen atoms in total. The van der Waals surface area contributed by atoms with Crippen LogP contribution >= 0.6 is 11.6 Å². The molecule has 0 radical (unpaired) electrons. The van der Waals surface area contributed by atoms with Gasteiger partial charge in [0.05, 0.1) is 10.6 Å². The van der Waals surface area contributed by atoms with E-state index in [2.05, 4.69) is 10.6 Å². The highest BCUT2D eigenvalue weighted by Gasteiger charge is 2.34. The third kappa shape index (κ3) is 2.63. The number of halogens is 1. The van der Waals surface area contributed by atoms with Crippen LogP contribution in [0, 0.1) is 6.92 Å². The van der Waals surface area contributed by atoms with Crippen molar-refractivity contribution < 1.29 is 4.79 Å². The molecule has 4 heteroatoms. The molecule has 3 rings (SSSR count). The smallest absolute Gasteiger partial charge is 0.253 e. The van der Waals surface area contributed by atoms with Gasteiger partial charge in [0, 0.05) is 18.1 Å². The Labute approximate surface area is 118 Å². The molecular weight excluding hydrogens is 260 g/mol. The van der Waals surface area contributed by atoms with Crippen LogP contribution in [0.4, 0.5) is 0 Å². The Morgan fingerprint density at radius 1 is 1.32 bits per heavy atom. The summed E-state index contributed by atoms with van der Waals surface area (Å²) in [6.07, 6.45) is 4.54. The molecule has 2 N–H and O–H groups in total. The maximum absolute atomic E-state index is 12.3. The van der Waals surface area contributed by atoms with Crippen molar-refractivity contribution in [2.45, 2.75) is 50.7 Å². The zero-order valence-electron chi connectivity index (χ0n) is 11.1. The van der Waals surface area contributed by atoms with Crippen LogP contribution in [0.5, 0.6) is 0 Å². The third-order valence-corrected chi connectivity index (χ3v) is 4.75. The molecule has 2 bridgehead atoms. The fourth-order valence-electron chi connectivity index (χ4n) is 3.26. The first-order valence-corrected chi connectivity index (χ1v) is 7.33. The van der Waals surface area contributed by atoms with E-state index in [4.69, 9.17) is 11.6 Å². The average molecular weight is 279 g/mol. The number of aryl methyl sites for hydroxylation is 1. The molecule has 2 heterocycles. The zero-order valence-corrected chi connectivity index (χ0v) is 11.8. The number of rotatable bonds is 2. The van der Waals surface area contributed by atoms with Crippen molar-refractivity contribution in [3.63, 3.8) is 0 Å². The molecule has 1 aromatic rings. The van der Waals surface area contributed by atoms with Gasteiger partial charge in [-0.3, -0.25) is 4.79 Å². The highest BCUT2D eigenvalue weighted by Crippen LogP contribution is 2.27. The summed E-state index contributed by atoms with van der Waals surface area (Å²) < 4.78 is 0. The summed E-state index contributed by atoms with van der Waals surface area (Å²) in [5.41, 5.74) is 1.53. The largest absolute Gasteiger partial charge is 0.349 e. The molecule has 0 saturated carbocycles. The first-order chi connectivity index (χ1) is 9.13. The molecule has 2 saturated heterocycles. The van der Waals surface area contributed by atoms with E-state index >= 15 is 0 Å². The van der Waals surface area contributed by atoms with Gasteiger partial charge in [0.15, 0.2) is 0 Å². The molecule has 2 atom stereocenters. The molecule has 19 heavy (non-hydrogen) atoms. The Morgan fingerprint density at radius 2 is 2.00 bits per heavy atom. The molecule has 2 aliphatic rings. The Hall–Kier alpha value is -1.06. The normalized spacial score (nSPS) is 29.3. The minimum Gasteiger partial charge on any atom is -0.349 e. The zero-order chi connectivity index (χ0) is 13.4. The first kappa shape index (κ1) is 12.9. The van der Waals surface area contributed by atoms with Gasteiger partial charge in [-0.2, -0.15) is 0 Å². The first-order valence-electron chi connectivity index (χ1n) is 6.95. The van der Waals surface area contributed by atoms with Crippen LogP contribution in [-0.4, -0.2) is 24.0 Å². The number of nitrogens with one attached hydrogen (secondary N) is 2. The summed E-state index contributed by atoms with van der Waals surface area (Å²) in [5.74, 6) is -0.0417. The lowest BCUT2D eigenvalue weighted by Crippen LogP contribution is -2.48. The second-order valence-corrected chi connectivity index (χ2v) is 6.09. The molecule has 1 aromatic carbocycles. The Morgan fingerprint density at radius 3 is 2.68 bits per heavy atom. The van der Waals surface area contributed by atoms with E-state index in [0.717, 1.165) is 18.4 Å². The maximum Gasteiger partial charge on any atom is 0.253 e. The van der Waals surface area contributed by atoms with Crippen LogP contribution in [-0.2, 0) is 0 Å². The predicted octanol–water partition coefficient (Wildman–Crippen LogP) is 2.66. The molecule has 0 aromatic heterocycles. The lowest BCUT2D eigenvalue weighted by molar-refractivity contribution is 0.0924. The van der Waals surface area contributed by atoms with Crippen LogP contribution < -0.4 is 10.6 Å². The number of hydrogen-bond donors (Lipinski definition) is 2. The summed E-state index contributed by atoms with van der Waals surface area (Å²) >= 11 is 6.20. The molecular formula is C15H19ClN2O. The van der Waals surface area contributed by atoms with Crippen molar-refractivity contribution in [3.8, 4) is 0 Å². The molecule has 0 spiro atoms. The molecule has 1 amide bonds. The molecule has 2 fully saturated rings. The van der Waals surface area contributed by atoms with Crippen molar-refractivity contribution in [1.29, 1.82) is 0 Å². The summed E-state index contributed by atoms with van der Waals surface area (Å²) in [7, 11) is 0. The fraction of sp³-hybridized carbons (Fsp3) is 0.533. The molecule has 2 aliphatic heterocycles. The minimum absolute atomic E-state index is 0.0417. The number of carbonyl (C=O) groups excluding carboxylic acids is 1. The van der Waals surface area contributed by atoms with E-state index in [-0.39, 0.29) is 11.9 Å². The maximum atomic E-state index is 12.3. The minimum atomic E-state index is -0.0417. The van der Waals surface area contributed by atoms with Gasteiger partial charge in [0.2, 0.25) is 0 Å². The van der Waals surface area contributed by atoms with Gasteiger partial charge < -0.3 is 10.6 Å². The Kier molecular flexibility index (Phi) is 3.50. The van der Waals surface area contributed by atoms with E-state index in [1.807, 2.05) is 19.1 Å². The van der Waals surface area contributed by atoms with Crippen molar-refractivity contribution in [2.24, 2.45) is 0 Å². The van der Waals surface area contributed by atoms with Crippen molar-refractivity contribution >= 4 is 17.5 Å². The van der Waals surface area contributed by atoms with Gasteiger partial charge in [-0.1, -0.05) is 23.7 Å². The number of benzene rings is 1. The van der Waals surface area contributed by atoms with Gasteiger partial charge in [0.25, 0.3) is 5.91 Å². The number of piperidine rings is 1. The van der Waals surface area contributed by atoms with Crippen LogP contribution in [0.3, 0.4) is 0 Å². The lowest BCUT2D eigenvalue weighted by atomic mass is 9.99. The van der Waals surface area contributed by atoms with E-state index in [0.29, 0.717) is 22.7 Å². The van der Waals surface area contributed by atoms with Crippen LogP contribution in [0.25, 0.3) is 0 Å². The SMILES string of the molecule is Cc1cccc(C(=O)NC2CC3CCC(C2)N3)c1Cl. The van der Waals surface area contributed by atoms with Crippen LogP contribution in [0.2, 0.25) is 5.02 Å². The topological polar surface area (TPSA) is 41.1 Å². The van der Waals surface area contributed by atoms with Gasteiger partial charge in [-0.15, -0.1) is 0 Å². The lowest BCUT2D eigenvalue weighted by Gasteiger charge is -2.29. The monoisotopic (exact) mass is 278 g/mol. The average Bonchev–Trinajstić information content (AvgIpc) is 2.72. The van der Waals surface area contributed by atoms with E-state index in [1.165, 1.54) is 12.8 Å². The van der Waals surface area contributed by atoms with E-state index in [9.17, 15) is 4.79 Å².